The number of likely N-dealkylation sites (tertiary alicyclic amines) is 1. The summed E-state index contributed by atoms with van der Waals surface area (Å²) in [7, 11) is 0. The average Bonchev–Trinajstić information content (AvgIpc) is 3.10. The highest BCUT2D eigenvalue weighted by Gasteiger charge is 2.32. The summed E-state index contributed by atoms with van der Waals surface area (Å²) < 4.78 is 0. The molecule has 0 saturated carbocycles. The quantitative estimate of drug-likeness (QED) is 0.833. The second kappa shape index (κ2) is 5.37. The van der Waals surface area contributed by atoms with Gasteiger partial charge in [-0.2, -0.15) is 0 Å². The summed E-state index contributed by atoms with van der Waals surface area (Å²) in [5, 5.41) is 0.646. The maximum Gasteiger partial charge on any atom is 0.227 e. The van der Waals surface area contributed by atoms with E-state index >= 15 is 0 Å². The number of anilines is 1. The van der Waals surface area contributed by atoms with E-state index in [1.807, 2.05) is 17.0 Å². The largest absolute Gasteiger partial charge is 0.356 e. The summed E-state index contributed by atoms with van der Waals surface area (Å²) in [6.45, 7) is 3.56. The van der Waals surface area contributed by atoms with E-state index in [4.69, 9.17) is 11.6 Å². The number of carbonyl (C=O) groups excluding carboxylic acids is 1. The van der Waals surface area contributed by atoms with Crippen LogP contribution in [0.5, 0.6) is 0 Å². The van der Waals surface area contributed by atoms with Gasteiger partial charge in [-0.1, -0.05) is 11.6 Å². The van der Waals surface area contributed by atoms with E-state index in [-0.39, 0.29) is 5.92 Å². The van der Waals surface area contributed by atoms with Gasteiger partial charge in [0.2, 0.25) is 5.91 Å². The summed E-state index contributed by atoms with van der Waals surface area (Å²) in [6, 6.07) is 3.77. The highest BCUT2D eigenvalue weighted by Crippen LogP contribution is 2.25. The van der Waals surface area contributed by atoms with E-state index < -0.39 is 0 Å². The molecular weight excluding hydrogens is 262 g/mol. The molecule has 0 radical (unpaired) electrons. The zero-order chi connectivity index (χ0) is 13.2. The van der Waals surface area contributed by atoms with Crippen molar-refractivity contribution in [2.75, 3.05) is 31.1 Å². The zero-order valence-corrected chi connectivity index (χ0v) is 11.6. The molecule has 0 aromatic carbocycles. The molecule has 4 nitrogen and oxygen atoms in total. The third-order valence-corrected chi connectivity index (χ3v) is 4.21. The lowest BCUT2D eigenvalue weighted by molar-refractivity contribution is -0.133. The van der Waals surface area contributed by atoms with Gasteiger partial charge in [-0.05, 0) is 31.4 Å². The third-order valence-electron chi connectivity index (χ3n) is 3.99. The second-order valence-corrected chi connectivity index (χ2v) is 5.74. The summed E-state index contributed by atoms with van der Waals surface area (Å²) in [5.41, 5.74) is 0. The molecule has 5 heteroatoms. The van der Waals surface area contributed by atoms with Crippen molar-refractivity contribution in [2.24, 2.45) is 5.92 Å². The van der Waals surface area contributed by atoms with Crippen LogP contribution in [0, 0.1) is 5.92 Å². The van der Waals surface area contributed by atoms with Gasteiger partial charge in [-0.3, -0.25) is 4.79 Å². The predicted octanol–water partition coefficient (Wildman–Crippen LogP) is 2.18. The van der Waals surface area contributed by atoms with E-state index in [1.165, 1.54) is 0 Å². The van der Waals surface area contributed by atoms with Gasteiger partial charge < -0.3 is 9.80 Å². The number of carbonyl (C=O) groups is 1. The van der Waals surface area contributed by atoms with Crippen LogP contribution in [0.15, 0.2) is 18.3 Å². The van der Waals surface area contributed by atoms with Crippen LogP contribution in [0.3, 0.4) is 0 Å². The monoisotopic (exact) mass is 279 g/mol. The Morgan fingerprint density at radius 2 is 2.05 bits per heavy atom. The second-order valence-electron chi connectivity index (χ2n) is 5.30. The standard InChI is InChI=1S/C14H18ClN3O/c15-12-3-4-13(16-9-12)18-8-5-11(10-18)14(19)17-6-1-2-7-17/h3-4,9,11H,1-2,5-8,10H2. The van der Waals surface area contributed by atoms with Crippen molar-refractivity contribution in [1.82, 2.24) is 9.88 Å². The Bertz CT molecular complexity index is 456. The number of rotatable bonds is 2. The number of pyridine rings is 1. The SMILES string of the molecule is O=C(C1CCN(c2ccc(Cl)cn2)C1)N1CCCC1. The van der Waals surface area contributed by atoms with Gasteiger partial charge in [-0.25, -0.2) is 4.98 Å². The van der Waals surface area contributed by atoms with Crippen molar-refractivity contribution in [1.29, 1.82) is 0 Å². The van der Waals surface area contributed by atoms with Gasteiger partial charge in [0.15, 0.2) is 0 Å². The summed E-state index contributed by atoms with van der Waals surface area (Å²) in [5.74, 6) is 1.38. The zero-order valence-electron chi connectivity index (χ0n) is 10.9. The van der Waals surface area contributed by atoms with Crippen molar-refractivity contribution in [2.45, 2.75) is 19.3 Å². The number of amides is 1. The Morgan fingerprint density at radius 1 is 1.26 bits per heavy atom. The van der Waals surface area contributed by atoms with Gasteiger partial charge >= 0.3 is 0 Å². The van der Waals surface area contributed by atoms with E-state index in [2.05, 4.69) is 9.88 Å². The topological polar surface area (TPSA) is 36.4 Å². The van der Waals surface area contributed by atoms with Crippen LogP contribution < -0.4 is 4.90 Å². The van der Waals surface area contributed by atoms with Crippen LogP contribution >= 0.6 is 11.6 Å². The minimum Gasteiger partial charge on any atom is -0.356 e. The fourth-order valence-electron chi connectivity index (χ4n) is 2.92. The van der Waals surface area contributed by atoms with Crippen LogP contribution in [0.2, 0.25) is 5.02 Å². The van der Waals surface area contributed by atoms with E-state index in [0.717, 1.165) is 51.3 Å². The molecule has 1 unspecified atom stereocenters. The Morgan fingerprint density at radius 3 is 2.74 bits per heavy atom. The van der Waals surface area contributed by atoms with Crippen LogP contribution in [-0.2, 0) is 4.79 Å². The first-order chi connectivity index (χ1) is 9.24. The molecule has 0 spiro atoms. The summed E-state index contributed by atoms with van der Waals surface area (Å²) in [6.07, 6.45) is 4.90. The number of aromatic nitrogens is 1. The molecule has 2 fully saturated rings. The lowest BCUT2D eigenvalue weighted by Gasteiger charge is -2.21. The molecule has 1 aromatic heterocycles. The molecule has 3 heterocycles. The molecule has 2 aliphatic rings. The molecule has 0 aliphatic carbocycles. The molecule has 1 atom stereocenters. The number of hydrogen-bond acceptors (Lipinski definition) is 3. The van der Waals surface area contributed by atoms with Crippen LogP contribution in [-0.4, -0.2) is 42.0 Å². The van der Waals surface area contributed by atoms with Crippen molar-refractivity contribution in [3.05, 3.63) is 23.4 Å². The predicted molar refractivity (Wildman–Crippen MR) is 75.4 cm³/mol. The fourth-order valence-corrected chi connectivity index (χ4v) is 3.03. The van der Waals surface area contributed by atoms with E-state index in [0.29, 0.717) is 10.9 Å². The van der Waals surface area contributed by atoms with E-state index in [9.17, 15) is 4.79 Å². The lowest BCUT2D eigenvalue weighted by Crippen LogP contribution is -2.35. The Balaban J connectivity index is 1.63. The molecular formula is C14H18ClN3O. The van der Waals surface area contributed by atoms with Crippen molar-refractivity contribution in [3.63, 3.8) is 0 Å². The van der Waals surface area contributed by atoms with Crippen molar-refractivity contribution < 1.29 is 4.79 Å². The first-order valence-corrected chi connectivity index (χ1v) is 7.27. The van der Waals surface area contributed by atoms with Crippen molar-refractivity contribution in [3.8, 4) is 0 Å². The maximum absolute atomic E-state index is 12.3. The highest BCUT2D eigenvalue weighted by atomic mass is 35.5. The molecule has 2 aliphatic heterocycles. The molecule has 19 heavy (non-hydrogen) atoms. The third kappa shape index (κ3) is 2.68. The molecule has 102 valence electrons. The smallest absolute Gasteiger partial charge is 0.227 e. The fraction of sp³-hybridized carbons (Fsp3) is 0.571. The molecule has 0 bridgehead atoms. The number of nitrogens with zero attached hydrogens (tertiary/aromatic N) is 3. The Hall–Kier alpha value is -1.29. The molecule has 1 aromatic rings. The lowest BCUT2D eigenvalue weighted by atomic mass is 10.1. The molecule has 3 rings (SSSR count). The van der Waals surface area contributed by atoms with Crippen LogP contribution in [0.25, 0.3) is 0 Å². The van der Waals surface area contributed by atoms with Gasteiger partial charge in [0, 0.05) is 32.4 Å². The molecule has 1 amide bonds. The number of hydrogen-bond donors (Lipinski definition) is 0. The average molecular weight is 280 g/mol. The first-order valence-electron chi connectivity index (χ1n) is 6.89. The molecule has 2 saturated heterocycles. The summed E-state index contributed by atoms with van der Waals surface area (Å²) in [4.78, 5) is 20.8. The van der Waals surface area contributed by atoms with Crippen molar-refractivity contribution >= 4 is 23.3 Å². The normalized spacial score (nSPS) is 23.1. The van der Waals surface area contributed by atoms with Gasteiger partial charge in [0.1, 0.15) is 5.82 Å². The van der Waals surface area contributed by atoms with Gasteiger partial charge in [0.25, 0.3) is 0 Å². The van der Waals surface area contributed by atoms with Gasteiger partial charge in [-0.15, -0.1) is 0 Å². The maximum atomic E-state index is 12.3. The Labute approximate surface area is 118 Å². The highest BCUT2D eigenvalue weighted by molar-refractivity contribution is 6.30. The summed E-state index contributed by atoms with van der Waals surface area (Å²) >= 11 is 5.84. The van der Waals surface area contributed by atoms with Crippen LogP contribution in [0.4, 0.5) is 5.82 Å². The van der Waals surface area contributed by atoms with Crippen LogP contribution in [0.1, 0.15) is 19.3 Å². The van der Waals surface area contributed by atoms with E-state index in [1.54, 1.807) is 6.20 Å². The van der Waals surface area contributed by atoms with Gasteiger partial charge in [0.05, 0.1) is 10.9 Å². The Kier molecular flexibility index (Phi) is 3.60. The number of halogens is 1. The molecule has 0 N–H and O–H groups in total. The minimum absolute atomic E-state index is 0.135. The first kappa shape index (κ1) is 12.7. The minimum atomic E-state index is 0.135.